The molecular weight excluding hydrogens is 400 g/mol. The van der Waals surface area contributed by atoms with E-state index in [0.29, 0.717) is 0 Å². The Balaban J connectivity index is -0.0000000787. The van der Waals surface area contributed by atoms with E-state index >= 15 is 0 Å². The molecule has 0 fully saturated rings. The molecular formula is C10H20N2Na4O10. The van der Waals surface area contributed by atoms with Gasteiger partial charge in [0.05, 0.1) is 0 Å². The van der Waals surface area contributed by atoms with Crippen LogP contribution in [0.1, 0.15) is 5.71 Å². The Morgan fingerprint density at radius 1 is 0.615 bits per heavy atom. The summed E-state index contributed by atoms with van der Waals surface area (Å²) in [5.74, 6) is -6.82. The fourth-order valence-electron chi connectivity index (χ4n) is 1.41. The second-order valence-electron chi connectivity index (χ2n) is 4.11. The van der Waals surface area contributed by atoms with Crippen LogP contribution in [-0.2, 0) is 19.2 Å². The molecule has 8 N–H and O–H groups in total. The van der Waals surface area contributed by atoms with Crippen LogP contribution in [0.3, 0.4) is 0 Å². The first kappa shape index (κ1) is 38.3. The average Bonchev–Trinajstić information content (AvgIpc) is 2.40. The van der Waals surface area contributed by atoms with Crippen LogP contribution in [0.25, 0.3) is 0 Å². The van der Waals surface area contributed by atoms with Crippen LogP contribution in [0, 0.1) is 0 Å². The molecule has 0 amide bonds. The third-order valence-corrected chi connectivity index (χ3v) is 2.52. The third kappa shape index (κ3) is 14.7. The zero-order chi connectivity index (χ0) is 17.4. The molecule has 0 saturated heterocycles. The normalized spacial score (nSPS) is 13.8. The number of aliphatic hydroxyl groups is 2. The Kier molecular flexibility index (Phi) is 29.5. The van der Waals surface area contributed by atoms with E-state index in [1.807, 2.05) is 0 Å². The van der Waals surface area contributed by atoms with Gasteiger partial charge in [-0.2, -0.15) is 0 Å². The Bertz CT molecular complexity index is 433. The van der Waals surface area contributed by atoms with Gasteiger partial charge in [-0.25, -0.2) is 9.59 Å². The maximum absolute atomic E-state index is 10.8. The van der Waals surface area contributed by atoms with Crippen LogP contribution >= 0.6 is 0 Å². The van der Waals surface area contributed by atoms with Crippen molar-refractivity contribution < 1.29 is 174 Å². The summed E-state index contributed by atoms with van der Waals surface area (Å²) in [6, 6.07) is -3.68. The van der Waals surface area contributed by atoms with Crippen LogP contribution in [0.5, 0.6) is 0 Å². The van der Waals surface area contributed by atoms with Gasteiger partial charge in [0.1, 0.15) is 12.1 Å². The maximum atomic E-state index is 10.8. The molecule has 0 aliphatic rings. The average molecular weight is 420 g/mol. The van der Waals surface area contributed by atoms with Crippen LogP contribution in [0.4, 0.5) is 0 Å². The van der Waals surface area contributed by atoms with Crippen LogP contribution < -0.4 is 129 Å². The molecule has 4 atom stereocenters. The number of hydrogen-bond donors (Lipinski definition) is 8. The van der Waals surface area contributed by atoms with Crippen molar-refractivity contribution in [3.63, 3.8) is 0 Å². The molecule has 0 aromatic heterocycles. The molecule has 0 aromatic carbocycles. The topological polar surface area (TPSA) is 214 Å². The molecule has 134 valence electrons. The number of aliphatic carboxylic acids is 4. The van der Waals surface area contributed by atoms with Crippen molar-refractivity contribution in [2.24, 2.45) is 0 Å². The summed E-state index contributed by atoms with van der Waals surface area (Å²) in [5, 5.41) is 57.1. The third-order valence-electron chi connectivity index (χ3n) is 2.52. The largest absolute Gasteiger partial charge is 1.00 e. The smallest absolute Gasteiger partial charge is 1.00 e. The summed E-state index contributed by atoms with van der Waals surface area (Å²) in [6.07, 6.45) is -4.45. The minimum Gasteiger partial charge on any atom is -1.00 e. The van der Waals surface area contributed by atoms with E-state index in [-0.39, 0.29) is 137 Å². The van der Waals surface area contributed by atoms with Crippen molar-refractivity contribution in [3.8, 4) is 0 Å². The number of aliphatic hydroxyl groups excluding tert-OH is 2. The Labute approximate surface area is 242 Å². The van der Waals surface area contributed by atoms with Crippen molar-refractivity contribution >= 4 is 23.9 Å². The fraction of sp³-hybridized carbons (Fsp3) is 0.600. The minimum absolute atomic E-state index is 0. The molecule has 0 bridgehead atoms. The van der Waals surface area contributed by atoms with Gasteiger partial charge in [0.2, 0.25) is 0 Å². The van der Waals surface area contributed by atoms with Crippen molar-refractivity contribution in [2.75, 3.05) is 13.1 Å². The molecule has 0 aliphatic heterocycles. The zero-order valence-corrected chi connectivity index (χ0v) is 23.0. The number of carboxylic acid groups (broad SMARTS) is 4. The molecule has 0 aliphatic carbocycles. The molecule has 0 heterocycles. The molecule has 0 aromatic rings. The van der Waals surface area contributed by atoms with E-state index in [4.69, 9.17) is 30.6 Å². The van der Waals surface area contributed by atoms with E-state index < -0.39 is 48.2 Å². The zero-order valence-electron chi connectivity index (χ0n) is 19.0. The Morgan fingerprint density at radius 3 is 1.00 bits per heavy atom. The summed E-state index contributed by atoms with van der Waals surface area (Å²) in [5.41, 5.74) is 0. The van der Waals surface area contributed by atoms with Crippen LogP contribution in [0.15, 0.2) is 0 Å². The molecule has 0 saturated carbocycles. The summed E-state index contributed by atoms with van der Waals surface area (Å²) >= 11 is 0. The van der Waals surface area contributed by atoms with Crippen LogP contribution in [-0.4, -0.2) is 91.9 Å². The monoisotopic (exact) mass is 420 g/mol. The number of nitrogens with one attached hydrogen (secondary N) is 2. The first-order chi connectivity index (χ1) is 10.1. The Hall–Kier alpha value is 1.72. The van der Waals surface area contributed by atoms with Crippen molar-refractivity contribution in [3.05, 3.63) is 0 Å². The predicted molar refractivity (Wildman–Crippen MR) is 70.6 cm³/mol. The standard InChI is InChI=1S/C10H16N2O10.4Na.4H/c13-5(9(19)20)3(7(15)16)11-1-2-12-4(8(17)18)6(14)10(21)22;;;;;;;;/h3-6,11-14H,1-2H2,(H,15,16)(H,17,18)(H,19,20)(H,21,22);;;;;;;;/q;4*+1;4*-1. The second kappa shape index (κ2) is 20.0. The quantitative estimate of drug-likeness (QED) is 0.116. The second-order valence-corrected chi connectivity index (χ2v) is 4.11. The van der Waals surface area contributed by atoms with Crippen LogP contribution in [0.2, 0.25) is 0 Å². The van der Waals surface area contributed by atoms with E-state index in [2.05, 4.69) is 10.6 Å². The van der Waals surface area contributed by atoms with Gasteiger partial charge in [-0.3, -0.25) is 9.59 Å². The van der Waals surface area contributed by atoms with Crippen molar-refractivity contribution in [1.82, 2.24) is 10.6 Å². The number of carboxylic acids is 4. The van der Waals surface area contributed by atoms with E-state index in [9.17, 15) is 19.2 Å². The van der Waals surface area contributed by atoms with Gasteiger partial charge >= 0.3 is 142 Å². The van der Waals surface area contributed by atoms with E-state index in [0.717, 1.165) is 0 Å². The molecule has 0 rings (SSSR count). The summed E-state index contributed by atoms with van der Waals surface area (Å²) in [6.45, 7) is -0.616. The van der Waals surface area contributed by atoms with Gasteiger partial charge < -0.3 is 47.0 Å². The maximum Gasteiger partial charge on any atom is 1.00 e. The fourth-order valence-corrected chi connectivity index (χ4v) is 1.41. The molecule has 4 unspecified atom stereocenters. The number of rotatable bonds is 11. The molecule has 0 radical (unpaired) electrons. The van der Waals surface area contributed by atoms with E-state index in [1.165, 1.54) is 0 Å². The van der Waals surface area contributed by atoms with Gasteiger partial charge in [0.15, 0.2) is 12.2 Å². The molecule has 0 spiro atoms. The summed E-state index contributed by atoms with van der Waals surface area (Å²) < 4.78 is 0. The molecule has 12 nitrogen and oxygen atoms in total. The van der Waals surface area contributed by atoms with E-state index in [1.54, 1.807) is 0 Å². The van der Waals surface area contributed by atoms with Crippen molar-refractivity contribution in [2.45, 2.75) is 24.3 Å². The van der Waals surface area contributed by atoms with Gasteiger partial charge in [0.25, 0.3) is 0 Å². The SMILES string of the molecule is O=C(O)C(O)C(NCCNC(C(=O)O)C(O)C(=O)O)C(=O)O.[H-].[H-].[H-].[H-].[Na+].[Na+].[Na+].[Na+]. The van der Waals surface area contributed by atoms with Gasteiger partial charge in [-0.1, -0.05) is 0 Å². The molecule has 26 heavy (non-hydrogen) atoms. The summed E-state index contributed by atoms with van der Waals surface area (Å²) in [4.78, 5) is 42.5. The first-order valence-corrected chi connectivity index (χ1v) is 5.83. The summed E-state index contributed by atoms with van der Waals surface area (Å²) in [7, 11) is 0. The first-order valence-electron chi connectivity index (χ1n) is 5.83. The Morgan fingerprint density at radius 2 is 0.846 bits per heavy atom. The number of hydrogen-bond acceptors (Lipinski definition) is 8. The predicted octanol–water partition coefficient (Wildman–Crippen LogP) is -15.6. The van der Waals surface area contributed by atoms with Gasteiger partial charge in [-0.15, -0.1) is 0 Å². The number of carbonyl (C=O) groups is 4. The van der Waals surface area contributed by atoms with Gasteiger partial charge in [-0.05, 0) is 0 Å². The minimum atomic E-state index is -2.22. The molecule has 16 heteroatoms. The van der Waals surface area contributed by atoms with Gasteiger partial charge in [0, 0.05) is 13.1 Å². The van der Waals surface area contributed by atoms with Crippen molar-refractivity contribution in [1.29, 1.82) is 0 Å².